The highest BCUT2D eigenvalue weighted by molar-refractivity contribution is 5.82. The molecule has 1 heterocycles. The summed E-state index contributed by atoms with van der Waals surface area (Å²) < 4.78 is 0. The van der Waals surface area contributed by atoms with Gasteiger partial charge in [-0.2, -0.15) is 0 Å². The number of fused-ring (bicyclic) bond motifs is 1. The van der Waals surface area contributed by atoms with E-state index in [4.69, 9.17) is 10.1 Å². The van der Waals surface area contributed by atoms with Crippen LogP contribution in [0.1, 0.15) is 51.1 Å². The summed E-state index contributed by atoms with van der Waals surface area (Å²) in [6, 6.07) is 8.33. The molecule has 1 aromatic heterocycles. The topological polar surface area (TPSA) is 75.1 Å². The highest BCUT2D eigenvalue weighted by Gasteiger charge is 2.26. The van der Waals surface area contributed by atoms with Gasteiger partial charge in [-0.15, -0.1) is 0 Å². The molecule has 3 rings (SSSR count). The minimum atomic E-state index is -0.674. The molecule has 2 N–H and O–H groups in total. The van der Waals surface area contributed by atoms with E-state index in [-0.39, 0.29) is 12.0 Å². The minimum Gasteiger partial charge on any atom is -0.481 e. The van der Waals surface area contributed by atoms with E-state index < -0.39 is 5.97 Å². The maximum atomic E-state index is 11.0. The third kappa shape index (κ3) is 3.44. The Morgan fingerprint density at radius 3 is 2.52 bits per heavy atom. The number of nitrogens with one attached hydrogen (secondary N) is 1. The molecule has 0 amide bonds. The van der Waals surface area contributed by atoms with E-state index in [1.165, 1.54) is 0 Å². The molecule has 1 aliphatic carbocycles. The number of anilines is 1. The van der Waals surface area contributed by atoms with Gasteiger partial charge >= 0.3 is 5.97 Å². The minimum absolute atomic E-state index is 0.197. The number of carbonyl (C=O) groups is 1. The molecular weight excluding hydrogens is 290 g/mol. The molecule has 0 bridgehead atoms. The van der Waals surface area contributed by atoms with Crippen LogP contribution < -0.4 is 5.32 Å². The van der Waals surface area contributed by atoms with E-state index in [1.807, 2.05) is 18.2 Å². The molecule has 1 aromatic carbocycles. The van der Waals surface area contributed by atoms with Crippen molar-refractivity contribution >= 4 is 22.8 Å². The monoisotopic (exact) mass is 313 g/mol. The summed E-state index contributed by atoms with van der Waals surface area (Å²) in [5, 5.41) is 13.6. The largest absolute Gasteiger partial charge is 0.481 e. The molecule has 1 saturated carbocycles. The molecule has 1 fully saturated rings. The summed E-state index contributed by atoms with van der Waals surface area (Å²) in [5.41, 5.74) is 2.00. The molecule has 0 atom stereocenters. The zero-order valence-electron chi connectivity index (χ0n) is 13.6. The van der Waals surface area contributed by atoms with Gasteiger partial charge in [0.2, 0.25) is 5.95 Å². The van der Waals surface area contributed by atoms with Crippen LogP contribution in [0.3, 0.4) is 0 Å². The lowest BCUT2D eigenvalue weighted by Crippen LogP contribution is -2.30. The Morgan fingerprint density at radius 1 is 1.17 bits per heavy atom. The van der Waals surface area contributed by atoms with Crippen molar-refractivity contribution in [3.63, 3.8) is 0 Å². The smallest absolute Gasteiger partial charge is 0.306 e. The van der Waals surface area contributed by atoms with Gasteiger partial charge in [0.25, 0.3) is 0 Å². The number of para-hydroxylation sites is 1. The van der Waals surface area contributed by atoms with Crippen LogP contribution in [0.15, 0.2) is 24.3 Å². The van der Waals surface area contributed by atoms with Crippen molar-refractivity contribution in [3.05, 3.63) is 30.0 Å². The lowest BCUT2D eigenvalue weighted by atomic mass is 9.86. The van der Waals surface area contributed by atoms with Crippen molar-refractivity contribution in [3.8, 4) is 0 Å². The quantitative estimate of drug-likeness (QED) is 0.897. The zero-order valence-corrected chi connectivity index (χ0v) is 13.6. The molecule has 0 radical (unpaired) electrons. The summed E-state index contributed by atoms with van der Waals surface area (Å²) in [6.07, 6.45) is 3.14. The van der Waals surface area contributed by atoms with E-state index in [0.29, 0.717) is 11.9 Å². The number of hydrogen-bond donors (Lipinski definition) is 2. The molecule has 0 aliphatic heterocycles. The SMILES string of the molecule is CC(C)c1nc(N[C@H]2CC[C@@H](C(=O)O)CC2)nc2ccccc12. The van der Waals surface area contributed by atoms with Gasteiger partial charge in [0.1, 0.15) is 0 Å². The van der Waals surface area contributed by atoms with Gasteiger partial charge in [0.15, 0.2) is 0 Å². The van der Waals surface area contributed by atoms with E-state index in [0.717, 1.165) is 42.3 Å². The Morgan fingerprint density at radius 2 is 1.87 bits per heavy atom. The Labute approximate surface area is 136 Å². The van der Waals surface area contributed by atoms with Crippen molar-refractivity contribution < 1.29 is 9.90 Å². The van der Waals surface area contributed by atoms with Gasteiger partial charge in [-0.25, -0.2) is 9.97 Å². The predicted octanol–water partition coefficient (Wildman–Crippen LogP) is 3.81. The summed E-state index contributed by atoms with van der Waals surface area (Å²) in [5.74, 6) is 0.113. The molecular formula is C18H23N3O2. The lowest BCUT2D eigenvalue weighted by molar-refractivity contribution is -0.142. The van der Waals surface area contributed by atoms with E-state index in [2.05, 4.69) is 30.2 Å². The molecule has 2 aromatic rings. The first kappa shape index (κ1) is 15.7. The van der Waals surface area contributed by atoms with E-state index >= 15 is 0 Å². The number of hydrogen-bond acceptors (Lipinski definition) is 4. The fraction of sp³-hybridized carbons (Fsp3) is 0.500. The van der Waals surface area contributed by atoms with Crippen LogP contribution in [0, 0.1) is 5.92 Å². The van der Waals surface area contributed by atoms with Crippen LogP contribution in [0.4, 0.5) is 5.95 Å². The van der Waals surface area contributed by atoms with E-state index in [1.54, 1.807) is 0 Å². The summed E-state index contributed by atoms with van der Waals surface area (Å²) >= 11 is 0. The second kappa shape index (κ2) is 6.52. The first-order valence-electron chi connectivity index (χ1n) is 8.30. The van der Waals surface area contributed by atoms with Crippen LogP contribution in [0.5, 0.6) is 0 Å². The number of benzene rings is 1. The standard InChI is InChI=1S/C18H23N3O2/c1-11(2)16-14-5-3-4-6-15(14)20-18(21-16)19-13-9-7-12(8-10-13)17(22)23/h3-6,11-13H,7-10H2,1-2H3,(H,22,23)(H,19,20,21)/t12-,13+. The van der Waals surface area contributed by atoms with Crippen LogP contribution in [-0.4, -0.2) is 27.1 Å². The van der Waals surface area contributed by atoms with Crippen molar-refractivity contribution in [1.29, 1.82) is 0 Å². The Kier molecular flexibility index (Phi) is 4.46. The van der Waals surface area contributed by atoms with Gasteiger partial charge in [-0.05, 0) is 37.7 Å². The highest BCUT2D eigenvalue weighted by Crippen LogP contribution is 2.28. The second-order valence-electron chi connectivity index (χ2n) is 6.64. The third-order valence-corrected chi connectivity index (χ3v) is 4.59. The Bertz CT molecular complexity index is 706. The van der Waals surface area contributed by atoms with Gasteiger partial charge in [0, 0.05) is 11.4 Å². The van der Waals surface area contributed by atoms with E-state index in [9.17, 15) is 4.79 Å². The van der Waals surface area contributed by atoms with Crippen LogP contribution in [0.25, 0.3) is 10.9 Å². The number of aromatic nitrogens is 2. The van der Waals surface area contributed by atoms with Crippen molar-refractivity contribution in [2.45, 2.75) is 51.5 Å². The number of nitrogens with zero attached hydrogens (tertiary/aromatic N) is 2. The van der Waals surface area contributed by atoms with Crippen LogP contribution in [0.2, 0.25) is 0 Å². The fourth-order valence-corrected chi connectivity index (χ4v) is 3.27. The van der Waals surface area contributed by atoms with Crippen LogP contribution in [-0.2, 0) is 4.79 Å². The molecule has 23 heavy (non-hydrogen) atoms. The zero-order chi connectivity index (χ0) is 16.4. The highest BCUT2D eigenvalue weighted by atomic mass is 16.4. The van der Waals surface area contributed by atoms with Gasteiger partial charge < -0.3 is 10.4 Å². The normalized spacial score (nSPS) is 21.5. The molecule has 122 valence electrons. The molecule has 0 spiro atoms. The van der Waals surface area contributed by atoms with Gasteiger partial charge in [-0.1, -0.05) is 32.0 Å². The number of aliphatic carboxylic acids is 1. The third-order valence-electron chi connectivity index (χ3n) is 4.59. The summed E-state index contributed by atoms with van der Waals surface area (Å²) in [6.45, 7) is 4.27. The molecule has 1 aliphatic rings. The number of carboxylic acid groups (broad SMARTS) is 1. The first-order valence-corrected chi connectivity index (χ1v) is 8.30. The summed E-state index contributed by atoms with van der Waals surface area (Å²) in [7, 11) is 0. The van der Waals surface area contributed by atoms with Crippen molar-refractivity contribution in [1.82, 2.24) is 9.97 Å². The maximum Gasteiger partial charge on any atom is 0.306 e. The lowest BCUT2D eigenvalue weighted by Gasteiger charge is -2.27. The molecule has 0 saturated heterocycles. The summed E-state index contributed by atoms with van der Waals surface area (Å²) in [4.78, 5) is 20.4. The maximum absolute atomic E-state index is 11.0. The fourth-order valence-electron chi connectivity index (χ4n) is 3.27. The van der Waals surface area contributed by atoms with Crippen molar-refractivity contribution in [2.24, 2.45) is 5.92 Å². The van der Waals surface area contributed by atoms with Crippen molar-refractivity contribution in [2.75, 3.05) is 5.32 Å². The Hall–Kier alpha value is -2.17. The first-order chi connectivity index (χ1) is 11.0. The number of rotatable bonds is 4. The second-order valence-corrected chi connectivity index (χ2v) is 6.64. The predicted molar refractivity (Wildman–Crippen MR) is 90.6 cm³/mol. The molecule has 5 heteroatoms. The molecule has 5 nitrogen and oxygen atoms in total. The molecule has 0 unspecified atom stereocenters. The number of carboxylic acids is 1. The van der Waals surface area contributed by atoms with Gasteiger partial charge in [0.05, 0.1) is 17.1 Å². The average molecular weight is 313 g/mol. The average Bonchev–Trinajstić information content (AvgIpc) is 2.54. The van der Waals surface area contributed by atoms with Crippen LogP contribution >= 0.6 is 0 Å². The Balaban J connectivity index is 1.80. The van der Waals surface area contributed by atoms with Gasteiger partial charge in [-0.3, -0.25) is 4.79 Å².